The average Bonchev–Trinajstić information content (AvgIpc) is 2.75. The lowest BCUT2D eigenvalue weighted by molar-refractivity contribution is 0.400. The van der Waals surface area contributed by atoms with Crippen molar-refractivity contribution in [2.45, 2.75) is 32.7 Å². The molecule has 0 aliphatic carbocycles. The number of nitrogens with one attached hydrogen (secondary N) is 1. The zero-order valence-corrected chi connectivity index (χ0v) is 16.5. The molecule has 1 aliphatic rings. The Morgan fingerprint density at radius 2 is 1.71 bits per heavy atom. The molecule has 0 saturated carbocycles. The molecule has 144 valence electrons. The molecule has 0 bridgehead atoms. The van der Waals surface area contributed by atoms with Gasteiger partial charge in [0.25, 0.3) is 0 Å². The Bertz CT molecular complexity index is 886. The lowest BCUT2D eigenvalue weighted by Crippen LogP contribution is -2.35. The molecule has 4 nitrogen and oxygen atoms in total. The molecule has 0 unspecified atom stereocenters. The van der Waals surface area contributed by atoms with Crippen molar-refractivity contribution in [3.63, 3.8) is 0 Å². The van der Waals surface area contributed by atoms with Gasteiger partial charge in [-0.25, -0.2) is 4.98 Å². The minimum atomic E-state index is 0.751. The van der Waals surface area contributed by atoms with E-state index in [9.17, 15) is 0 Å². The zero-order valence-electron chi connectivity index (χ0n) is 16.5. The molecule has 1 saturated heterocycles. The highest BCUT2D eigenvalue weighted by molar-refractivity contribution is 5.42. The summed E-state index contributed by atoms with van der Waals surface area (Å²) in [6, 6.07) is 21.2. The quantitative estimate of drug-likeness (QED) is 0.671. The van der Waals surface area contributed by atoms with Gasteiger partial charge in [0, 0.05) is 25.8 Å². The minimum absolute atomic E-state index is 0.751. The van der Waals surface area contributed by atoms with Crippen molar-refractivity contribution in [3.8, 4) is 0 Å². The van der Waals surface area contributed by atoms with Gasteiger partial charge in [0.1, 0.15) is 5.82 Å². The van der Waals surface area contributed by atoms with Crippen LogP contribution < -0.4 is 10.2 Å². The number of rotatable bonds is 6. The maximum atomic E-state index is 4.75. The number of piperidine rings is 1. The van der Waals surface area contributed by atoms with Gasteiger partial charge in [-0.3, -0.25) is 0 Å². The van der Waals surface area contributed by atoms with Gasteiger partial charge in [-0.1, -0.05) is 54.6 Å². The van der Waals surface area contributed by atoms with Crippen LogP contribution in [0.15, 0.2) is 66.9 Å². The lowest BCUT2D eigenvalue weighted by Gasteiger charge is -2.32. The van der Waals surface area contributed by atoms with Crippen molar-refractivity contribution in [3.05, 3.63) is 83.6 Å². The van der Waals surface area contributed by atoms with Gasteiger partial charge in [-0.15, -0.1) is 0 Å². The number of anilines is 2. The second-order valence-corrected chi connectivity index (χ2v) is 7.64. The molecule has 28 heavy (non-hydrogen) atoms. The fraction of sp³-hybridized carbons (Fsp3) is 0.333. The molecule has 0 atom stereocenters. The topological polar surface area (TPSA) is 41.1 Å². The van der Waals surface area contributed by atoms with Gasteiger partial charge >= 0.3 is 0 Å². The van der Waals surface area contributed by atoms with E-state index < -0.39 is 0 Å². The van der Waals surface area contributed by atoms with Crippen LogP contribution in [0.4, 0.5) is 11.8 Å². The Balaban J connectivity index is 1.33. The van der Waals surface area contributed by atoms with Crippen LogP contribution in [0, 0.1) is 12.8 Å². The van der Waals surface area contributed by atoms with Crippen molar-refractivity contribution in [1.29, 1.82) is 0 Å². The molecule has 3 aromatic rings. The second-order valence-electron chi connectivity index (χ2n) is 7.64. The molecule has 0 spiro atoms. The summed E-state index contributed by atoms with van der Waals surface area (Å²) in [7, 11) is 0. The Morgan fingerprint density at radius 1 is 0.964 bits per heavy atom. The first-order chi connectivity index (χ1) is 13.8. The van der Waals surface area contributed by atoms with Crippen molar-refractivity contribution >= 4 is 11.8 Å². The number of benzene rings is 2. The van der Waals surface area contributed by atoms with E-state index in [0.717, 1.165) is 37.3 Å². The third kappa shape index (κ3) is 4.69. The van der Waals surface area contributed by atoms with Crippen LogP contribution in [0.25, 0.3) is 0 Å². The first-order valence-electron chi connectivity index (χ1n) is 10.2. The molecular weight excluding hydrogens is 344 g/mol. The van der Waals surface area contributed by atoms with Gasteiger partial charge in [0.05, 0.1) is 0 Å². The summed E-state index contributed by atoms with van der Waals surface area (Å²) in [6.45, 7) is 4.97. The van der Waals surface area contributed by atoms with Crippen molar-refractivity contribution in [2.75, 3.05) is 23.3 Å². The summed E-state index contributed by atoms with van der Waals surface area (Å²) in [4.78, 5) is 11.6. The van der Waals surface area contributed by atoms with E-state index in [1.807, 2.05) is 12.3 Å². The highest BCUT2D eigenvalue weighted by Gasteiger charge is 2.21. The van der Waals surface area contributed by atoms with Crippen LogP contribution in [0.3, 0.4) is 0 Å². The Kier molecular flexibility index (Phi) is 5.86. The van der Waals surface area contributed by atoms with Gasteiger partial charge in [-0.2, -0.15) is 4.98 Å². The largest absolute Gasteiger partial charge is 0.366 e. The van der Waals surface area contributed by atoms with E-state index in [4.69, 9.17) is 4.98 Å². The second kappa shape index (κ2) is 8.87. The zero-order chi connectivity index (χ0) is 19.2. The van der Waals surface area contributed by atoms with Gasteiger partial charge in [-0.05, 0) is 54.9 Å². The first-order valence-corrected chi connectivity index (χ1v) is 10.2. The molecule has 1 aliphatic heterocycles. The van der Waals surface area contributed by atoms with E-state index in [1.54, 1.807) is 0 Å². The predicted octanol–water partition coefficient (Wildman–Crippen LogP) is 4.86. The Labute approximate surface area is 167 Å². The number of hydrogen-bond donors (Lipinski definition) is 1. The molecule has 1 aromatic heterocycles. The number of nitrogens with zero attached hydrogens (tertiary/aromatic N) is 3. The Hall–Kier alpha value is -2.88. The van der Waals surface area contributed by atoms with E-state index in [-0.39, 0.29) is 0 Å². The molecule has 1 fully saturated rings. The summed E-state index contributed by atoms with van der Waals surface area (Å²) < 4.78 is 0. The van der Waals surface area contributed by atoms with Crippen molar-refractivity contribution in [1.82, 2.24) is 9.97 Å². The molecule has 0 radical (unpaired) electrons. The molecule has 4 rings (SSSR count). The predicted molar refractivity (Wildman–Crippen MR) is 116 cm³/mol. The fourth-order valence-corrected chi connectivity index (χ4v) is 3.88. The van der Waals surface area contributed by atoms with Crippen LogP contribution >= 0.6 is 0 Å². The summed E-state index contributed by atoms with van der Waals surface area (Å²) in [5.41, 5.74) is 4.04. The SMILES string of the molecule is Cc1ccccc1CNc1ccnc(N2CCC(Cc3ccccc3)CC2)n1. The van der Waals surface area contributed by atoms with Gasteiger partial charge < -0.3 is 10.2 Å². The Morgan fingerprint density at radius 3 is 2.50 bits per heavy atom. The standard InChI is InChI=1S/C24H28N4/c1-19-7-5-6-10-22(19)18-26-23-11-14-25-24(27-23)28-15-12-21(13-16-28)17-20-8-3-2-4-9-20/h2-11,14,21H,12-13,15-18H2,1H3,(H,25,26,27). The van der Waals surface area contributed by atoms with Crippen LogP contribution in [-0.4, -0.2) is 23.1 Å². The molecule has 4 heteroatoms. The lowest BCUT2D eigenvalue weighted by atomic mass is 9.90. The third-order valence-corrected chi connectivity index (χ3v) is 5.63. The summed E-state index contributed by atoms with van der Waals surface area (Å²) in [5, 5.41) is 3.44. The van der Waals surface area contributed by atoms with E-state index in [2.05, 4.69) is 76.7 Å². The van der Waals surface area contributed by atoms with E-state index in [0.29, 0.717) is 0 Å². The smallest absolute Gasteiger partial charge is 0.227 e. The number of aromatic nitrogens is 2. The molecule has 0 amide bonds. The molecular formula is C24H28N4. The highest BCUT2D eigenvalue weighted by atomic mass is 15.3. The van der Waals surface area contributed by atoms with Gasteiger partial charge in [0.15, 0.2) is 0 Å². The monoisotopic (exact) mass is 372 g/mol. The van der Waals surface area contributed by atoms with Crippen molar-refractivity contribution < 1.29 is 0 Å². The fourth-order valence-electron chi connectivity index (χ4n) is 3.88. The van der Waals surface area contributed by atoms with E-state index >= 15 is 0 Å². The number of aryl methyl sites for hydroxylation is 1. The first kappa shape index (κ1) is 18.5. The summed E-state index contributed by atoms with van der Waals surface area (Å²) in [6.07, 6.45) is 5.42. The average molecular weight is 373 g/mol. The molecule has 2 heterocycles. The van der Waals surface area contributed by atoms with Crippen LogP contribution in [0.2, 0.25) is 0 Å². The molecule has 2 aromatic carbocycles. The van der Waals surface area contributed by atoms with Crippen LogP contribution in [0.1, 0.15) is 29.5 Å². The molecule has 1 N–H and O–H groups in total. The van der Waals surface area contributed by atoms with E-state index in [1.165, 1.54) is 36.0 Å². The number of hydrogen-bond acceptors (Lipinski definition) is 4. The summed E-state index contributed by atoms with van der Waals surface area (Å²) in [5.74, 6) is 2.48. The normalized spacial score (nSPS) is 14.8. The van der Waals surface area contributed by atoms with Crippen LogP contribution in [-0.2, 0) is 13.0 Å². The third-order valence-electron chi connectivity index (χ3n) is 5.63. The van der Waals surface area contributed by atoms with Crippen molar-refractivity contribution in [2.24, 2.45) is 5.92 Å². The maximum Gasteiger partial charge on any atom is 0.227 e. The highest BCUT2D eigenvalue weighted by Crippen LogP contribution is 2.24. The van der Waals surface area contributed by atoms with Crippen LogP contribution in [0.5, 0.6) is 0 Å². The summed E-state index contributed by atoms with van der Waals surface area (Å²) >= 11 is 0. The maximum absolute atomic E-state index is 4.75. The minimum Gasteiger partial charge on any atom is -0.366 e. The van der Waals surface area contributed by atoms with Gasteiger partial charge in [0.2, 0.25) is 5.95 Å².